The molecule has 1 N–H and O–H groups in total. The molecule has 3 aromatic carbocycles. The molecule has 0 aliphatic carbocycles. The highest BCUT2D eigenvalue weighted by atomic mass is 19.1. The maximum Gasteiger partial charge on any atom is 0.255 e. The number of pyridine rings is 1. The van der Waals surface area contributed by atoms with E-state index in [0.717, 1.165) is 11.1 Å². The lowest BCUT2D eigenvalue weighted by Crippen LogP contribution is -2.11. The van der Waals surface area contributed by atoms with E-state index in [1.54, 1.807) is 61.7 Å². The van der Waals surface area contributed by atoms with Crippen LogP contribution in [0.25, 0.3) is 22.0 Å². The van der Waals surface area contributed by atoms with Crippen molar-refractivity contribution < 1.29 is 13.9 Å². The van der Waals surface area contributed by atoms with E-state index in [9.17, 15) is 14.4 Å². The minimum absolute atomic E-state index is 0.189. The number of carbonyl (C=O) groups is 1. The third-order valence-electron chi connectivity index (χ3n) is 4.65. The smallest absolute Gasteiger partial charge is 0.255 e. The SMILES string of the molecule is COc1cccc(C(=O)Nc2cccc(-c3cc(C#N)nc4cc(F)ccc34)c2)c1. The van der Waals surface area contributed by atoms with Gasteiger partial charge < -0.3 is 10.1 Å². The van der Waals surface area contributed by atoms with Crippen LogP contribution >= 0.6 is 0 Å². The molecule has 0 atom stereocenters. The summed E-state index contributed by atoms with van der Waals surface area (Å²) in [6.45, 7) is 0. The monoisotopic (exact) mass is 397 g/mol. The first-order chi connectivity index (χ1) is 14.6. The number of hydrogen-bond acceptors (Lipinski definition) is 4. The van der Waals surface area contributed by atoms with Crippen molar-refractivity contribution in [2.45, 2.75) is 0 Å². The molecule has 0 saturated carbocycles. The van der Waals surface area contributed by atoms with Gasteiger partial charge in [0.1, 0.15) is 23.3 Å². The fraction of sp³-hybridized carbons (Fsp3) is 0.0417. The van der Waals surface area contributed by atoms with E-state index in [4.69, 9.17) is 4.74 Å². The summed E-state index contributed by atoms with van der Waals surface area (Å²) in [5.41, 5.74) is 3.15. The van der Waals surface area contributed by atoms with Crippen molar-refractivity contribution in [2.24, 2.45) is 0 Å². The Morgan fingerprint density at radius 3 is 2.70 bits per heavy atom. The van der Waals surface area contributed by atoms with E-state index < -0.39 is 5.82 Å². The van der Waals surface area contributed by atoms with Crippen molar-refractivity contribution in [3.05, 3.63) is 89.9 Å². The van der Waals surface area contributed by atoms with E-state index in [0.29, 0.717) is 27.9 Å². The number of nitriles is 1. The van der Waals surface area contributed by atoms with E-state index in [1.165, 1.54) is 12.1 Å². The number of nitrogens with zero attached hydrogens (tertiary/aromatic N) is 2. The second-order valence-electron chi connectivity index (χ2n) is 6.60. The zero-order chi connectivity index (χ0) is 21.1. The summed E-state index contributed by atoms with van der Waals surface area (Å²) in [7, 11) is 1.54. The van der Waals surface area contributed by atoms with Crippen molar-refractivity contribution >= 4 is 22.5 Å². The van der Waals surface area contributed by atoms with Crippen LogP contribution in [-0.2, 0) is 0 Å². The highest BCUT2D eigenvalue weighted by molar-refractivity contribution is 6.05. The molecule has 0 fully saturated rings. The number of halogens is 1. The molecule has 0 bridgehead atoms. The quantitative estimate of drug-likeness (QED) is 0.515. The first-order valence-corrected chi connectivity index (χ1v) is 9.13. The van der Waals surface area contributed by atoms with Gasteiger partial charge in [-0.05, 0) is 59.7 Å². The van der Waals surface area contributed by atoms with Gasteiger partial charge in [0.15, 0.2) is 0 Å². The third kappa shape index (κ3) is 3.82. The Morgan fingerprint density at radius 2 is 1.90 bits per heavy atom. The number of amides is 1. The average Bonchev–Trinajstić information content (AvgIpc) is 2.78. The van der Waals surface area contributed by atoms with Crippen LogP contribution in [0, 0.1) is 17.1 Å². The minimum Gasteiger partial charge on any atom is -0.497 e. The van der Waals surface area contributed by atoms with Gasteiger partial charge in [-0.25, -0.2) is 9.37 Å². The van der Waals surface area contributed by atoms with Gasteiger partial charge in [-0.1, -0.05) is 18.2 Å². The van der Waals surface area contributed by atoms with E-state index in [2.05, 4.69) is 10.3 Å². The first kappa shape index (κ1) is 19.1. The Kier molecular flexibility index (Phi) is 5.10. The van der Waals surface area contributed by atoms with E-state index in [1.807, 2.05) is 12.1 Å². The Morgan fingerprint density at radius 1 is 1.07 bits per heavy atom. The van der Waals surface area contributed by atoms with Crippen LogP contribution in [0.5, 0.6) is 5.75 Å². The van der Waals surface area contributed by atoms with Crippen molar-refractivity contribution in [3.63, 3.8) is 0 Å². The molecule has 0 spiro atoms. The lowest BCUT2D eigenvalue weighted by atomic mass is 9.99. The van der Waals surface area contributed by atoms with Crippen LogP contribution in [0.1, 0.15) is 16.1 Å². The van der Waals surface area contributed by atoms with Gasteiger partial charge in [0.25, 0.3) is 5.91 Å². The topological polar surface area (TPSA) is 75.0 Å². The lowest BCUT2D eigenvalue weighted by molar-refractivity contribution is 0.102. The molecule has 0 aliphatic heterocycles. The summed E-state index contributed by atoms with van der Waals surface area (Å²) in [5.74, 6) is -0.100. The van der Waals surface area contributed by atoms with Crippen molar-refractivity contribution in [3.8, 4) is 22.9 Å². The maximum absolute atomic E-state index is 13.6. The number of methoxy groups -OCH3 is 1. The molecule has 5 nitrogen and oxygen atoms in total. The molecule has 0 unspecified atom stereocenters. The van der Waals surface area contributed by atoms with Crippen LogP contribution in [0.2, 0.25) is 0 Å². The van der Waals surface area contributed by atoms with Gasteiger partial charge >= 0.3 is 0 Å². The van der Waals surface area contributed by atoms with Gasteiger partial charge in [-0.3, -0.25) is 4.79 Å². The first-order valence-electron chi connectivity index (χ1n) is 9.13. The summed E-state index contributed by atoms with van der Waals surface area (Å²) in [5, 5.41) is 12.9. The Balaban J connectivity index is 1.72. The second kappa shape index (κ2) is 8.02. The molecule has 4 rings (SSSR count). The van der Waals surface area contributed by atoms with Gasteiger partial charge in [0.05, 0.1) is 12.6 Å². The molecule has 1 heterocycles. The van der Waals surface area contributed by atoms with E-state index >= 15 is 0 Å². The van der Waals surface area contributed by atoms with Crippen LogP contribution in [-0.4, -0.2) is 18.0 Å². The fourth-order valence-corrected chi connectivity index (χ4v) is 3.23. The average molecular weight is 397 g/mol. The Labute approximate surface area is 172 Å². The summed E-state index contributed by atoms with van der Waals surface area (Å²) >= 11 is 0. The van der Waals surface area contributed by atoms with Crippen molar-refractivity contribution in [2.75, 3.05) is 12.4 Å². The van der Waals surface area contributed by atoms with Crippen LogP contribution in [0.3, 0.4) is 0 Å². The number of rotatable bonds is 4. The van der Waals surface area contributed by atoms with Gasteiger partial charge in [-0.2, -0.15) is 5.26 Å². The Bertz CT molecular complexity index is 1310. The predicted octanol–water partition coefficient (Wildman–Crippen LogP) is 5.17. The van der Waals surface area contributed by atoms with Gasteiger partial charge in [0.2, 0.25) is 0 Å². The molecule has 1 amide bonds. The number of hydrogen-bond donors (Lipinski definition) is 1. The number of anilines is 1. The molecule has 4 aromatic rings. The standard InChI is InChI=1S/C24H16FN3O2/c1-30-20-7-3-5-16(11-20)24(29)28-18-6-2-4-15(10-18)22-13-19(14-26)27-23-12-17(25)8-9-21(22)23/h2-13H,1H3,(H,28,29). The second-order valence-corrected chi connectivity index (χ2v) is 6.60. The van der Waals surface area contributed by atoms with Gasteiger partial charge in [-0.15, -0.1) is 0 Å². The molecular formula is C24H16FN3O2. The summed E-state index contributed by atoms with van der Waals surface area (Å²) < 4.78 is 18.8. The number of benzene rings is 3. The highest BCUT2D eigenvalue weighted by Crippen LogP contribution is 2.31. The van der Waals surface area contributed by atoms with Crippen LogP contribution < -0.4 is 10.1 Å². The molecular weight excluding hydrogens is 381 g/mol. The molecule has 1 aromatic heterocycles. The molecule has 30 heavy (non-hydrogen) atoms. The van der Waals surface area contributed by atoms with Gasteiger partial charge in [0, 0.05) is 22.7 Å². The lowest BCUT2D eigenvalue weighted by Gasteiger charge is -2.11. The zero-order valence-corrected chi connectivity index (χ0v) is 16.0. The molecule has 0 aliphatic rings. The summed E-state index contributed by atoms with van der Waals surface area (Å²) in [6.07, 6.45) is 0. The molecule has 6 heteroatoms. The maximum atomic E-state index is 13.6. The van der Waals surface area contributed by atoms with Crippen molar-refractivity contribution in [1.29, 1.82) is 5.26 Å². The summed E-state index contributed by atoms with van der Waals surface area (Å²) in [4.78, 5) is 16.8. The molecule has 0 radical (unpaired) electrons. The Hall–Kier alpha value is -4.24. The van der Waals surface area contributed by atoms with Crippen LogP contribution in [0.4, 0.5) is 10.1 Å². The largest absolute Gasteiger partial charge is 0.497 e. The zero-order valence-electron chi connectivity index (χ0n) is 16.0. The highest BCUT2D eigenvalue weighted by Gasteiger charge is 2.11. The normalized spacial score (nSPS) is 10.4. The molecule has 146 valence electrons. The summed E-state index contributed by atoms with van der Waals surface area (Å²) in [6, 6.07) is 22.1. The number of aromatic nitrogens is 1. The van der Waals surface area contributed by atoms with Crippen LogP contribution in [0.15, 0.2) is 72.8 Å². The number of fused-ring (bicyclic) bond motifs is 1. The third-order valence-corrected chi connectivity index (χ3v) is 4.65. The van der Waals surface area contributed by atoms with Crippen molar-refractivity contribution in [1.82, 2.24) is 4.98 Å². The molecule has 0 saturated heterocycles. The minimum atomic E-state index is -0.421. The number of carbonyl (C=O) groups excluding carboxylic acids is 1. The van der Waals surface area contributed by atoms with E-state index in [-0.39, 0.29) is 11.6 Å². The predicted molar refractivity (Wildman–Crippen MR) is 113 cm³/mol. The fourth-order valence-electron chi connectivity index (χ4n) is 3.23. The number of ether oxygens (including phenoxy) is 1. The number of nitrogens with one attached hydrogen (secondary N) is 1.